The molecule has 2 nitrogen and oxygen atoms in total. The van der Waals surface area contributed by atoms with E-state index in [1.807, 2.05) is 19.2 Å². The molecule has 1 heterocycles. The van der Waals surface area contributed by atoms with Crippen molar-refractivity contribution in [3.8, 4) is 0 Å². The highest BCUT2D eigenvalue weighted by atomic mass is 35.5. The Kier molecular flexibility index (Phi) is 4.22. The molecule has 16 heavy (non-hydrogen) atoms. The van der Waals surface area contributed by atoms with Crippen molar-refractivity contribution in [3.05, 3.63) is 34.9 Å². The number of benzene rings is 1. The van der Waals surface area contributed by atoms with Crippen LogP contribution < -0.4 is 5.32 Å². The van der Waals surface area contributed by atoms with E-state index in [9.17, 15) is 0 Å². The van der Waals surface area contributed by atoms with Crippen LogP contribution in [-0.4, -0.2) is 31.1 Å². The standard InChI is InChI=1S/C13H19ClN2/c1-15-12-6-8-16(9-7-12)10-11-4-2-3-5-13(11)14/h2-5,12,15H,6-10H2,1H3. The minimum atomic E-state index is 0.697. The van der Waals surface area contributed by atoms with E-state index in [-0.39, 0.29) is 0 Å². The Hall–Kier alpha value is -0.570. The van der Waals surface area contributed by atoms with Crippen molar-refractivity contribution in [3.63, 3.8) is 0 Å². The Morgan fingerprint density at radius 2 is 2.00 bits per heavy atom. The van der Waals surface area contributed by atoms with Gasteiger partial charge < -0.3 is 5.32 Å². The molecular weight excluding hydrogens is 220 g/mol. The third kappa shape index (κ3) is 2.97. The Balaban J connectivity index is 1.89. The molecule has 3 heteroatoms. The molecular formula is C13H19ClN2. The molecule has 1 N–H and O–H groups in total. The summed E-state index contributed by atoms with van der Waals surface area (Å²) in [7, 11) is 2.05. The SMILES string of the molecule is CNC1CCN(Cc2ccccc2Cl)CC1. The van der Waals surface area contributed by atoms with Gasteiger partial charge in [-0.05, 0) is 44.6 Å². The van der Waals surface area contributed by atoms with Crippen molar-refractivity contribution < 1.29 is 0 Å². The van der Waals surface area contributed by atoms with Crippen LogP contribution >= 0.6 is 11.6 Å². The summed E-state index contributed by atoms with van der Waals surface area (Å²) >= 11 is 6.16. The van der Waals surface area contributed by atoms with Crippen LogP contribution in [-0.2, 0) is 6.54 Å². The first kappa shape index (κ1) is 11.9. The second-order valence-electron chi connectivity index (χ2n) is 4.43. The summed E-state index contributed by atoms with van der Waals surface area (Å²) in [6.07, 6.45) is 2.47. The summed E-state index contributed by atoms with van der Waals surface area (Å²) in [5.74, 6) is 0. The molecule has 1 aliphatic rings. The van der Waals surface area contributed by atoms with E-state index in [2.05, 4.69) is 22.3 Å². The van der Waals surface area contributed by atoms with Gasteiger partial charge in [-0.1, -0.05) is 29.8 Å². The second-order valence-corrected chi connectivity index (χ2v) is 4.84. The zero-order valence-electron chi connectivity index (χ0n) is 9.75. The highest BCUT2D eigenvalue weighted by Crippen LogP contribution is 2.19. The summed E-state index contributed by atoms with van der Waals surface area (Å²) in [5, 5.41) is 4.23. The smallest absolute Gasteiger partial charge is 0.0451 e. The maximum atomic E-state index is 6.16. The molecule has 1 fully saturated rings. The van der Waals surface area contributed by atoms with Crippen molar-refractivity contribution in [1.82, 2.24) is 10.2 Å². The summed E-state index contributed by atoms with van der Waals surface area (Å²) < 4.78 is 0. The van der Waals surface area contributed by atoms with Crippen LogP contribution in [0.25, 0.3) is 0 Å². The molecule has 0 radical (unpaired) electrons. The fourth-order valence-corrected chi connectivity index (χ4v) is 2.44. The Labute approximate surface area is 103 Å². The quantitative estimate of drug-likeness (QED) is 0.871. The number of rotatable bonds is 3. The van der Waals surface area contributed by atoms with Gasteiger partial charge in [0.15, 0.2) is 0 Å². The van der Waals surface area contributed by atoms with E-state index in [0.717, 1.165) is 24.7 Å². The summed E-state index contributed by atoms with van der Waals surface area (Å²) in [6, 6.07) is 8.83. The molecule has 1 aliphatic heterocycles. The summed E-state index contributed by atoms with van der Waals surface area (Å²) in [4.78, 5) is 2.48. The first-order valence-corrected chi connectivity index (χ1v) is 6.30. The van der Waals surface area contributed by atoms with Gasteiger partial charge in [-0.3, -0.25) is 4.90 Å². The summed E-state index contributed by atoms with van der Waals surface area (Å²) in [5.41, 5.74) is 1.24. The van der Waals surface area contributed by atoms with Crippen molar-refractivity contribution in [1.29, 1.82) is 0 Å². The number of piperidine rings is 1. The van der Waals surface area contributed by atoms with Gasteiger partial charge in [0.1, 0.15) is 0 Å². The molecule has 88 valence electrons. The van der Waals surface area contributed by atoms with Crippen LogP contribution in [0.4, 0.5) is 0 Å². The van der Waals surface area contributed by atoms with Crippen LogP contribution in [0, 0.1) is 0 Å². The predicted octanol–water partition coefficient (Wildman–Crippen LogP) is 2.52. The van der Waals surface area contributed by atoms with Gasteiger partial charge in [-0.25, -0.2) is 0 Å². The third-order valence-electron chi connectivity index (χ3n) is 3.35. The summed E-state index contributed by atoms with van der Waals surface area (Å²) in [6.45, 7) is 3.31. The monoisotopic (exact) mass is 238 g/mol. The van der Waals surface area contributed by atoms with Crippen LogP contribution in [0.15, 0.2) is 24.3 Å². The lowest BCUT2D eigenvalue weighted by molar-refractivity contribution is 0.194. The molecule has 0 unspecified atom stereocenters. The highest BCUT2D eigenvalue weighted by molar-refractivity contribution is 6.31. The molecule has 0 bridgehead atoms. The average Bonchev–Trinajstić information content (AvgIpc) is 2.33. The lowest BCUT2D eigenvalue weighted by atomic mass is 10.0. The van der Waals surface area contributed by atoms with Crippen LogP contribution in [0.3, 0.4) is 0 Å². The van der Waals surface area contributed by atoms with Crippen LogP contribution in [0.5, 0.6) is 0 Å². The molecule has 0 spiro atoms. The lowest BCUT2D eigenvalue weighted by Gasteiger charge is -2.31. The molecule has 0 atom stereocenters. The Morgan fingerprint density at radius 3 is 2.62 bits per heavy atom. The zero-order chi connectivity index (χ0) is 11.4. The number of hydrogen-bond donors (Lipinski definition) is 1. The molecule has 0 aromatic heterocycles. The van der Waals surface area contributed by atoms with E-state index in [4.69, 9.17) is 11.6 Å². The maximum absolute atomic E-state index is 6.16. The van der Waals surface area contributed by atoms with E-state index in [0.29, 0.717) is 6.04 Å². The lowest BCUT2D eigenvalue weighted by Crippen LogP contribution is -2.40. The van der Waals surface area contributed by atoms with E-state index in [1.54, 1.807) is 0 Å². The third-order valence-corrected chi connectivity index (χ3v) is 3.72. The molecule has 0 aliphatic carbocycles. The van der Waals surface area contributed by atoms with Gasteiger partial charge in [0.05, 0.1) is 0 Å². The predicted molar refractivity (Wildman–Crippen MR) is 68.8 cm³/mol. The minimum Gasteiger partial charge on any atom is -0.317 e. The first-order chi connectivity index (χ1) is 7.79. The number of nitrogens with zero attached hydrogens (tertiary/aromatic N) is 1. The number of nitrogens with one attached hydrogen (secondary N) is 1. The maximum Gasteiger partial charge on any atom is 0.0451 e. The number of halogens is 1. The number of hydrogen-bond acceptors (Lipinski definition) is 2. The van der Waals surface area contributed by atoms with Gasteiger partial charge >= 0.3 is 0 Å². The normalized spacial score (nSPS) is 18.9. The van der Waals surface area contributed by atoms with E-state index >= 15 is 0 Å². The fraction of sp³-hybridized carbons (Fsp3) is 0.538. The average molecular weight is 239 g/mol. The van der Waals surface area contributed by atoms with Gasteiger partial charge in [0, 0.05) is 17.6 Å². The van der Waals surface area contributed by atoms with Crippen LogP contribution in [0.1, 0.15) is 18.4 Å². The van der Waals surface area contributed by atoms with E-state index in [1.165, 1.54) is 18.4 Å². The second kappa shape index (κ2) is 5.67. The van der Waals surface area contributed by atoms with E-state index < -0.39 is 0 Å². The largest absolute Gasteiger partial charge is 0.317 e. The molecule has 0 amide bonds. The zero-order valence-corrected chi connectivity index (χ0v) is 10.5. The van der Waals surface area contributed by atoms with Crippen molar-refractivity contribution >= 4 is 11.6 Å². The minimum absolute atomic E-state index is 0.697. The number of likely N-dealkylation sites (tertiary alicyclic amines) is 1. The highest BCUT2D eigenvalue weighted by Gasteiger charge is 2.17. The molecule has 1 aromatic rings. The van der Waals surface area contributed by atoms with Crippen molar-refractivity contribution in [2.45, 2.75) is 25.4 Å². The van der Waals surface area contributed by atoms with Crippen LogP contribution in [0.2, 0.25) is 5.02 Å². The first-order valence-electron chi connectivity index (χ1n) is 5.92. The molecule has 1 aromatic carbocycles. The van der Waals surface area contributed by atoms with Gasteiger partial charge in [-0.2, -0.15) is 0 Å². The van der Waals surface area contributed by atoms with Gasteiger partial charge in [0.2, 0.25) is 0 Å². The Bertz CT molecular complexity index is 332. The van der Waals surface area contributed by atoms with Crippen molar-refractivity contribution in [2.24, 2.45) is 0 Å². The Morgan fingerprint density at radius 1 is 1.31 bits per heavy atom. The van der Waals surface area contributed by atoms with Gasteiger partial charge in [0.25, 0.3) is 0 Å². The van der Waals surface area contributed by atoms with Crippen molar-refractivity contribution in [2.75, 3.05) is 20.1 Å². The topological polar surface area (TPSA) is 15.3 Å². The fourth-order valence-electron chi connectivity index (χ4n) is 2.25. The molecule has 1 saturated heterocycles. The van der Waals surface area contributed by atoms with Gasteiger partial charge in [-0.15, -0.1) is 0 Å². The molecule has 0 saturated carbocycles. The molecule has 2 rings (SSSR count).